The van der Waals surface area contributed by atoms with Gasteiger partial charge in [0, 0.05) is 20.1 Å². The SMILES string of the molecule is CN=C(NCC1CCCN(C)C1)NC(C)c1ccc(Cl)c(Cl)c1. The van der Waals surface area contributed by atoms with Gasteiger partial charge in [0.05, 0.1) is 16.1 Å². The smallest absolute Gasteiger partial charge is 0.191 e. The molecule has 1 heterocycles. The van der Waals surface area contributed by atoms with Gasteiger partial charge in [0.15, 0.2) is 5.96 Å². The van der Waals surface area contributed by atoms with E-state index in [1.807, 2.05) is 18.2 Å². The predicted octanol–water partition coefficient (Wildman–Crippen LogP) is 3.56. The number of benzene rings is 1. The van der Waals surface area contributed by atoms with Crippen molar-refractivity contribution in [2.45, 2.75) is 25.8 Å². The Labute approximate surface area is 149 Å². The van der Waals surface area contributed by atoms with Crippen LogP contribution in [0.4, 0.5) is 0 Å². The van der Waals surface area contributed by atoms with Crippen molar-refractivity contribution in [1.82, 2.24) is 15.5 Å². The van der Waals surface area contributed by atoms with Gasteiger partial charge in [0.25, 0.3) is 0 Å². The number of rotatable bonds is 4. The Morgan fingerprint density at radius 3 is 2.83 bits per heavy atom. The summed E-state index contributed by atoms with van der Waals surface area (Å²) in [4.78, 5) is 6.71. The molecule has 1 saturated heterocycles. The summed E-state index contributed by atoms with van der Waals surface area (Å²) < 4.78 is 0. The van der Waals surface area contributed by atoms with Crippen LogP contribution in [-0.2, 0) is 0 Å². The topological polar surface area (TPSA) is 39.7 Å². The summed E-state index contributed by atoms with van der Waals surface area (Å²) in [6, 6.07) is 5.80. The maximum absolute atomic E-state index is 6.09. The molecular weight excluding hydrogens is 331 g/mol. The molecule has 1 aliphatic rings. The van der Waals surface area contributed by atoms with Gasteiger partial charge in [-0.05, 0) is 57.0 Å². The molecule has 6 heteroatoms. The predicted molar refractivity (Wildman–Crippen MR) is 99.6 cm³/mol. The Morgan fingerprint density at radius 2 is 2.17 bits per heavy atom. The van der Waals surface area contributed by atoms with Crippen molar-refractivity contribution in [2.24, 2.45) is 10.9 Å². The zero-order valence-electron chi connectivity index (χ0n) is 14.1. The second kappa shape index (κ2) is 8.76. The number of nitrogens with zero attached hydrogens (tertiary/aromatic N) is 2. The largest absolute Gasteiger partial charge is 0.356 e. The van der Waals surface area contributed by atoms with E-state index in [0.29, 0.717) is 16.0 Å². The molecule has 0 bridgehead atoms. The Kier molecular flexibility index (Phi) is 7.00. The van der Waals surface area contributed by atoms with E-state index in [-0.39, 0.29) is 6.04 Å². The van der Waals surface area contributed by atoms with Crippen molar-refractivity contribution >= 4 is 29.2 Å². The maximum atomic E-state index is 6.09. The molecule has 2 N–H and O–H groups in total. The van der Waals surface area contributed by atoms with Crippen molar-refractivity contribution in [3.05, 3.63) is 33.8 Å². The summed E-state index contributed by atoms with van der Waals surface area (Å²) in [5.41, 5.74) is 1.08. The molecule has 4 nitrogen and oxygen atoms in total. The first-order valence-electron chi connectivity index (χ1n) is 8.10. The fourth-order valence-electron chi connectivity index (χ4n) is 2.95. The van der Waals surface area contributed by atoms with E-state index >= 15 is 0 Å². The van der Waals surface area contributed by atoms with E-state index in [9.17, 15) is 0 Å². The minimum Gasteiger partial charge on any atom is -0.356 e. The molecule has 1 aliphatic heterocycles. The molecule has 2 unspecified atom stereocenters. The molecule has 128 valence electrons. The third-order valence-electron chi connectivity index (χ3n) is 4.30. The number of nitrogens with one attached hydrogen (secondary N) is 2. The molecule has 0 aromatic heterocycles. The summed E-state index contributed by atoms with van der Waals surface area (Å²) in [5, 5.41) is 7.99. The minimum atomic E-state index is 0.102. The second-order valence-corrected chi connectivity index (χ2v) is 7.08. The minimum absolute atomic E-state index is 0.102. The highest BCUT2D eigenvalue weighted by molar-refractivity contribution is 6.42. The standard InChI is InChI=1S/C17H26Cl2N4/c1-12(14-6-7-15(18)16(19)9-14)22-17(20-2)21-10-13-5-4-8-23(3)11-13/h6-7,9,12-13H,4-5,8,10-11H2,1-3H3,(H2,20,21,22). The third-order valence-corrected chi connectivity index (χ3v) is 5.04. The molecule has 0 spiro atoms. The third kappa shape index (κ3) is 5.55. The first kappa shape index (κ1) is 18.4. The lowest BCUT2D eigenvalue weighted by Gasteiger charge is -2.30. The van der Waals surface area contributed by atoms with Gasteiger partial charge < -0.3 is 15.5 Å². The van der Waals surface area contributed by atoms with Gasteiger partial charge in [-0.25, -0.2) is 0 Å². The van der Waals surface area contributed by atoms with E-state index < -0.39 is 0 Å². The van der Waals surface area contributed by atoms with Crippen LogP contribution >= 0.6 is 23.2 Å². The quantitative estimate of drug-likeness (QED) is 0.639. The van der Waals surface area contributed by atoms with Gasteiger partial charge in [-0.15, -0.1) is 0 Å². The summed E-state index contributed by atoms with van der Waals surface area (Å²) in [5.74, 6) is 1.49. The molecule has 1 fully saturated rings. The van der Waals surface area contributed by atoms with Crippen molar-refractivity contribution in [3.63, 3.8) is 0 Å². The van der Waals surface area contributed by atoms with Crippen molar-refractivity contribution in [2.75, 3.05) is 33.7 Å². The van der Waals surface area contributed by atoms with Crippen LogP contribution in [-0.4, -0.2) is 44.6 Å². The van der Waals surface area contributed by atoms with Crippen LogP contribution < -0.4 is 10.6 Å². The van der Waals surface area contributed by atoms with Gasteiger partial charge in [0.1, 0.15) is 0 Å². The maximum Gasteiger partial charge on any atom is 0.191 e. The average Bonchev–Trinajstić information content (AvgIpc) is 2.53. The Hall–Kier alpha value is -0.970. The normalized spacial score (nSPS) is 21.1. The number of guanidine groups is 1. The number of halogens is 2. The van der Waals surface area contributed by atoms with Gasteiger partial charge in [-0.1, -0.05) is 29.3 Å². The summed E-state index contributed by atoms with van der Waals surface area (Å²) in [7, 11) is 3.98. The summed E-state index contributed by atoms with van der Waals surface area (Å²) in [6.07, 6.45) is 2.55. The Morgan fingerprint density at radius 1 is 1.39 bits per heavy atom. The molecule has 2 rings (SSSR count). The van der Waals surface area contributed by atoms with Crippen LogP contribution in [0, 0.1) is 5.92 Å². The number of piperidine rings is 1. The van der Waals surface area contributed by atoms with E-state index in [1.165, 1.54) is 19.4 Å². The molecule has 2 atom stereocenters. The molecule has 0 aliphatic carbocycles. The van der Waals surface area contributed by atoms with E-state index in [0.717, 1.165) is 24.6 Å². The lowest BCUT2D eigenvalue weighted by molar-refractivity contribution is 0.210. The van der Waals surface area contributed by atoms with Gasteiger partial charge >= 0.3 is 0 Å². The highest BCUT2D eigenvalue weighted by atomic mass is 35.5. The molecule has 1 aromatic rings. The Balaban J connectivity index is 1.87. The average molecular weight is 357 g/mol. The van der Waals surface area contributed by atoms with Crippen molar-refractivity contribution < 1.29 is 0 Å². The molecule has 1 aromatic carbocycles. The molecular formula is C17H26Cl2N4. The van der Waals surface area contributed by atoms with Crippen molar-refractivity contribution in [1.29, 1.82) is 0 Å². The number of likely N-dealkylation sites (tertiary alicyclic amines) is 1. The first-order valence-corrected chi connectivity index (χ1v) is 8.86. The van der Waals surface area contributed by atoms with Crippen LogP contribution in [0.3, 0.4) is 0 Å². The fraction of sp³-hybridized carbons (Fsp3) is 0.588. The number of hydrogen-bond acceptors (Lipinski definition) is 2. The zero-order valence-corrected chi connectivity index (χ0v) is 15.6. The zero-order chi connectivity index (χ0) is 16.8. The fourth-order valence-corrected chi connectivity index (χ4v) is 3.25. The van der Waals surface area contributed by atoms with E-state index in [1.54, 1.807) is 7.05 Å². The molecule has 0 saturated carbocycles. The summed E-state index contributed by atoms with van der Waals surface area (Å²) in [6.45, 7) is 5.38. The Bertz CT molecular complexity index is 547. The van der Waals surface area contributed by atoms with Crippen molar-refractivity contribution in [3.8, 4) is 0 Å². The molecule has 23 heavy (non-hydrogen) atoms. The van der Waals surface area contributed by atoms with Gasteiger partial charge in [0.2, 0.25) is 0 Å². The van der Waals surface area contributed by atoms with Crippen LogP contribution in [0.2, 0.25) is 10.0 Å². The van der Waals surface area contributed by atoms with Crippen LogP contribution in [0.1, 0.15) is 31.4 Å². The lowest BCUT2D eigenvalue weighted by atomic mass is 9.98. The first-order chi connectivity index (χ1) is 11.0. The molecule has 0 radical (unpaired) electrons. The van der Waals surface area contributed by atoms with E-state index in [4.69, 9.17) is 23.2 Å². The van der Waals surface area contributed by atoms with Crippen LogP contribution in [0.25, 0.3) is 0 Å². The molecule has 0 amide bonds. The van der Waals surface area contributed by atoms with Crippen LogP contribution in [0.5, 0.6) is 0 Å². The number of hydrogen-bond donors (Lipinski definition) is 2. The highest BCUT2D eigenvalue weighted by Gasteiger charge is 2.17. The van der Waals surface area contributed by atoms with Gasteiger partial charge in [-0.2, -0.15) is 0 Å². The second-order valence-electron chi connectivity index (χ2n) is 6.26. The number of aliphatic imine (C=N–C) groups is 1. The van der Waals surface area contributed by atoms with Gasteiger partial charge in [-0.3, -0.25) is 4.99 Å². The monoisotopic (exact) mass is 356 g/mol. The summed E-state index contributed by atoms with van der Waals surface area (Å²) >= 11 is 12.1. The van der Waals surface area contributed by atoms with Crippen LogP contribution in [0.15, 0.2) is 23.2 Å². The lowest BCUT2D eigenvalue weighted by Crippen LogP contribution is -2.44. The van der Waals surface area contributed by atoms with E-state index in [2.05, 4.69) is 34.5 Å². The highest BCUT2D eigenvalue weighted by Crippen LogP contribution is 2.25.